The molecular formula is C16H15Cl2N3O3. The first-order valence-electron chi connectivity index (χ1n) is 7.41. The summed E-state index contributed by atoms with van der Waals surface area (Å²) in [5.41, 5.74) is 0.717. The summed E-state index contributed by atoms with van der Waals surface area (Å²) in [6.07, 6.45) is 2.12. The van der Waals surface area contributed by atoms with Gasteiger partial charge in [0.15, 0.2) is 5.69 Å². The summed E-state index contributed by atoms with van der Waals surface area (Å²) >= 11 is 11.7. The van der Waals surface area contributed by atoms with Gasteiger partial charge in [0, 0.05) is 24.7 Å². The second-order valence-corrected chi connectivity index (χ2v) is 6.54. The number of benzene rings is 1. The second kappa shape index (κ2) is 6.83. The van der Waals surface area contributed by atoms with Gasteiger partial charge in [0.2, 0.25) is 5.91 Å². The van der Waals surface area contributed by atoms with E-state index < -0.39 is 0 Å². The van der Waals surface area contributed by atoms with Gasteiger partial charge < -0.3 is 14.7 Å². The van der Waals surface area contributed by atoms with Gasteiger partial charge in [-0.15, -0.1) is 0 Å². The summed E-state index contributed by atoms with van der Waals surface area (Å²) in [5, 5.41) is 7.19. The maximum absolute atomic E-state index is 12.3. The molecule has 0 unspecified atom stereocenters. The van der Waals surface area contributed by atoms with Gasteiger partial charge >= 0.3 is 0 Å². The van der Waals surface area contributed by atoms with Crippen molar-refractivity contribution in [2.45, 2.75) is 18.8 Å². The van der Waals surface area contributed by atoms with Crippen molar-refractivity contribution in [3.63, 3.8) is 0 Å². The highest BCUT2D eigenvalue weighted by Crippen LogP contribution is 2.40. The number of anilines is 1. The first kappa shape index (κ1) is 16.8. The number of amides is 2. The van der Waals surface area contributed by atoms with Crippen LogP contribution in [0.15, 0.2) is 28.8 Å². The largest absolute Gasteiger partial charge is 0.360 e. The minimum absolute atomic E-state index is 0.120. The van der Waals surface area contributed by atoms with E-state index in [4.69, 9.17) is 27.7 Å². The van der Waals surface area contributed by atoms with Gasteiger partial charge in [0.05, 0.1) is 16.6 Å². The molecule has 6 nitrogen and oxygen atoms in total. The Morgan fingerprint density at radius 3 is 2.71 bits per heavy atom. The zero-order valence-corrected chi connectivity index (χ0v) is 14.4. The van der Waals surface area contributed by atoms with E-state index in [0.717, 1.165) is 18.6 Å². The molecule has 1 aromatic heterocycles. The van der Waals surface area contributed by atoms with E-state index in [1.165, 1.54) is 11.9 Å². The van der Waals surface area contributed by atoms with E-state index in [0.29, 0.717) is 21.7 Å². The number of likely N-dealkylation sites (N-methyl/N-ethyl adjacent to an activating group) is 1. The number of carbonyl (C=O) groups excluding carboxylic acids is 2. The van der Waals surface area contributed by atoms with Crippen LogP contribution in [0.2, 0.25) is 10.0 Å². The molecule has 1 saturated carbocycles. The maximum atomic E-state index is 12.3. The first-order chi connectivity index (χ1) is 11.4. The Balaban J connectivity index is 1.58. The monoisotopic (exact) mass is 367 g/mol. The summed E-state index contributed by atoms with van der Waals surface area (Å²) in [4.78, 5) is 25.6. The summed E-state index contributed by atoms with van der Waals surface area (Å²) in [5.74, 6) is 0.388. The fourth-order valence-electron chi connectivity index (χ4n) is 2.21. The highest BCUT2D eigenvalue weighted by atomic mass is 35.5. The Bertz CT molecular complexity index is 787. The molecular weight excluding hydrogens is 353 g/mol. The lowest BCUT2D eigenvalue weighted by Crippen LogP contribution is -2.35. The minimum atomic E-state index is -0.366. The number of rotatable bonds is 5. The molecule has 126 valence electrons. The van der Waals surface area contributed by atoms with Crippen molar-refractivity contribution in [3.8, 4) is 0 Å². The van der Waals surface area contributed by atoms with E-state index in [2.05, 4.69) is 10.5 Å². The van der Waals surface area contributed by atoms with Gasteiger partial charge in [-0.05, 0) is 31.0 Å². The number of hydrogen-bond acceptors (Lipinski definition) is 4. The molecule has 1 aliphatic rings. The molecule has 3 rings (SSSR count). The van der Waals surface area contributed by atoms with Crippen LogP contribution in [-0.4, -0.2) is 35.5 Å². The molecule has 0 spiro atoms. The van der Waals surface area contributed by atoms with E-state index in [-0.39, 0.29) is 24.1 Å². The topological polar surface area (TPSA) is 75.4 Å². The molecule has 8 heteroatoms. The van der Waals surface area contributed by atoms with E-state index >= 15 is 0 Å². The zero-order valence-electron chi connectivity index (χ0n) is 12.9. The van der Waals surface area contributed by atoms with Gasteiger partial charge in [-0.2, -0.15) is 0 Å². The van der Waals surface area contributed by atoms with Gasteiger partial charge in [0.25, 0.3) is 5.91 Å². The van der Waals surface area contributed by atoms with Crippen LogP contribution in [0.5, 0.6) is 0 Å². The van der Waals surface area contributed by atoms with Gasteiger partial charge in [-0.3, -0.25) is 9.59 Å². The maximum Gasteiger partial charge on any atom is 0.276 e. The van der Waals surface area contributed by atoms with E-state index in [1.54, 1.807) is 24.3 Å². The fourth-order valence-corrected chi connectivity index (χ4v) is 2.51. The Hall–Kier alpha value is -2.05. The lowest BCUT2D eigenvalue weighted by molar-refractivity contribution is -0.116. The molecule has 1 aromatic carbocycles. The van der Waals surface area contributed by atoms with Crippen LogP contribution in [0.3, 0.4) is 0 Å². The molecule has 1 aliphatic carbocycles. The number of hydrogen-bond donors (Lipinski definition) is 1. The molecule has 1 fully saturated rings. The van der Waals surface area contributed by atoms with Crippen molar-refractivity contribution in [3.05, 3.63) is 45.8 Å². The Kier molecular flexibility index (Phi) is 4.78. The molecule has 2 aromatic rings. The highest BCUT2D eigenvalue weighted by molar-refractivity contribution is 6.42. The molecule has 0 aliphatic heterocycles. The molecule has 0 bridgehead atoms. The third-order valence-corrected chi connectivity index (χ3v) is 4.40. The zero-order chi connectivity index (χ0) is 17.3. The van der Waals surface area contributed by atoms with Crippen LogP contribution in [-0.2, 0) is 4.79 Å². The third-order valence-electron chi connectivity index (χ3n) is 3.66. The van der Waals surface area contributed by atoms with Crippen LogP contribution >= 0.6 is 23.2 Å². The molecule has 2 amide bonds. The Morgan fingerprint density at radius 2 is 2.04 bits per heavy atom. The first-order valence-corrected chi connectivity index (χ1v) is 8.16. The van der Waals surface area contributed by atoms with E-state index in [9.17, 15) is 9.59 Å². The molecule has 24 heavy (non-hydrogen) atoms. The molecule has 1 N–H and O–H groups in total. The van der Waals surface area contributed by atoms with E-state index in [1.807, 2.05) is 0 Å². The average Bonchev–Trinajstić information content (AvgIpc) is 3.27. The number of nitrogens with zero attached hydrogens (tertiary/aromatic N) is 2. The van der Waals surface area contributed by atoms with Crippen molar-refractivity contribution in [1.82, 2.24) is 10.1 Å². The van der Waals surface area contributed by atoms with Crippen LogP contribution in [0.4, 0.5) is 5.69 Å². The van der Waals surface area contributed by atoms with Crippen molar-refractivity contribution >= 4 is 40.7 Å². The smallest absolute Gasteiger partial charge is 0.276 e. The number of halogens is 2. The van der Waals surface area contributed by atoms with Crippen molar-refractivity contribution in [2.24, 2.45) is 0 Å². The fraction of sp³-hybridized carbons (Fsp3) is 0.312. The summed E-state index contributed by atoms with van der Waals surface area (Å²) in [6, 6.07) is 6.41. The van der Waals surface area contributed by atoms with Gasteiger partial charge in [-0.25, -0.2) is 0 Å². The summed E-state index contributed by atoms with van der Waals surface area (Å²) < 4.78 is 5.16. The number of carbonyl (C=O) groups is 2. The average molecular weight is 368 g/mol. The Morgan fingerprint density at radius 1 is 1.29 bits per heavy atom. The van der Waals surface area contributed by atoms with Gasteiger partial charge in [-0.1, -0.05) is 28.4 Å². The van der Waals surface area contributed by atoms with Crippen LogP contribution in [0.1, 0.15) is 35.0 Å². The van der Waals surface area contributed by atoms with Crippen LogP contribution in [0, 0.1) is 0 Å². The van der Waals surface area contributed by atoms with Crippen molar-refractivity contribution in [2.75, 3.05) is 18.9 Å². The van der Waals surface area contributed by atoms with Crippen LogP contribution in [0.25, 0.3) is 0 Å². The van der Waals surface area contributed by atoms with Crippen LogP contribution < -0.4 is 5.32 Å². The lowest BCUT2D eigenvalue weighted by Gasteiger charge is -2.15. The number of aromatic nitrogens is 1. The predicted molar refractivity (Wildman–Crippen MR) is 90.5 cm³/mol. The molecule has 0 saturated heterocycles. The molecule has 0 radical (unpaired) electrons. The van der Waals surface area contributed by atoms with Crippen molar-refractivity contribution < 1.29 is 14.1 Å². The SMILES string of the molecule is CN(CC(=O)Nc1ccc(Cl)c(Cl)c1)C(=O)c1cc(C2CC2)on1. The quantitative estimate of drug-likeness (QED) is 0.876. The minimum Gasteiger partial charge on any atom is -0.360 e. The van der Waals surface area contributed by atoms with Crippen molar-refractivity contribution in [1.29, 1.82) is 0 Å². The normalized spacial score (nSPS) is 13.6. The third kappa shape index (κ3) is 3.88. The summed E-state index contributed by atoms with van der Waals surface area (Å²) in [7, 11) is 1.53. The molecule has 0 atom stereocenters. The highest BCUT2D eigenvalue weighted by Gasteiger charge is 2.29. The number of nitrogens with one attached hydrogen (secondary N) is 1. The standard InChI is InChI=1S/C16H15Cl2N3O3/c1-21(16(23)13-7-14(24-20-13)9-2-3-9)8-15(22)19-10-4-5-11(17)12(18)6-10/h4-7,9H,2-3,8H2,1H3,(H,19,22). The van der Waals surface area contributed by atoms with Gasteiger partial charge in [0.1, 0.15) is 5.76 Å². The molecule has 1 heterocycles. The second-order valence-electron chi connectivity index (χ2n) is 5.73. The summed E-state index contributed by atoms with van der Waals surface area (Å²) in [6.45, 7) is -0.120. The lowest BCUT2D eigenvalue weighted by atomic mass is 10.2. The predicted octanol–water partition coefficient (Wildman–Crippen LogP) is 3.57. The Labute approximate surface area is 148 Å².